The Morgan fingerprint density at radius 1 is 0.755 bits per heavy atom. The van der Waals surface area contributed by atoms with Crippen molar-refractivity contribution in [2.45, 2.75) is 64.8 Å². The molecule has 3 aromatic rings. The smallest absolute Gasteiger partial charge is 0.417 e. The predicted molar refractivity (Wildman–Crippen MR) is 191 cm³/mol. The van der Waals surface area contributed by atoms with Crippen molar-refractivity contribution in [1.29, 1.82) is 0 Å². The zero-order valence-corrected chi connectivity index (χ0v) is 31.7. The van der Waals surface area contributed by atoms with Crippen molar-refractivity contribution in [3.8, 4) is 34.5 Å². The number of piperazine rings is 1. The lowest BCUT2D eigenvalue weighted by Crippen LogP contribution is -2.69. The summed E-state index contributed by atoms with van der Waals surface area (Å²) < 4.78 is 46.0. The highest BCUT2D eigenvalue weighted by Gasteiger charge is 2.55. The maximum absolute atomic E-state index is 15.2. The normalized spacial score (nSPS) is 17.8. The van der Waals surface area contributed by atoms with Crippen LogP contribution in [0.15, 0.2) is 36.4 Å². The third kappa shape index (κ3) is 6.85. The number of ether oxygens (including phenoxy) is 8. The number of amides is 3. The summed E-state index contributed by atoms with van der Waals surface area (Å²) in [5, 5.41) is 0. The van der Waals surface area contributed by atoms with Crippen LogP contribution in [0.1, 0.15) is 58.1 Å². The van der Waals surface area contributed by atoms with E-state index in [1.807, 2.05) is 0 Å². The average molecular weight is 735 g/mol. The maximum Gasteiger partial charge on any atom is 0.417 e. The highest BCUT2D eigenvalue weighted by atomic mass is 16.6. The molecule has 14 nitrogen and oxygen atoms in total. The van der Waals surface area contributed by atoms with Crippen LogP contribution in [0, 0.1) is 13.8 Å². The first-order valence-corrected chi connectivity index (χ1v) is 17.1. The van der Waals surface area contributed by atoms with E-state index >= 15 is 4.79 Å². The number of carbonyl (C=O) groups excluding carboxylic acids is 4. The molecular weight excluding hydrogens is 688 g/mol. The lowest BCUT2D eigenvalue weighted by atomic mass is 9.82. The van der Waals surface area contributed by atoms with Gasteiger partial charge in [-0.05, 0) is 45.9 Å². The van der Waals surface area contributed by atoms with E-state index < -0.39 is 48.1 Å². The molecule has 0 N–H and O–H groups in total. The summed E-state index contributed by atoms with van der Waals surface area (Å²) >= 11 is 0. The van der Waals surface area contributed by atoms with E-state index in [9.17, 15) is 14.4 Å². The quantitative estimate of drug-likeness (QED) is 0.231. The molecule has 3 aromatic carbocycles. The molecule has 0 aromatic heterocycles. The van der Waals surface area contributed by atoms with Crippen molar-refractivity contribution in [3.63, 3.8) is 0 Å². The molecule has 3 atom stereocenters. The molecule has 0 spiro atoms. The molecule has 1 saturated heterocycles. The SMILES string of the molecule is COc1cc(C[C@H]2C(=O)N3[C@H](COC(=O)c4ccccc4)c4c(c(OC)c(C)c(OC)c4OC)C[C@H]3C(=O)N2C(=O)OC(C)C)c(OC)c(C)c1OC. The van der Waals surface area contributed by atoms with Crippen molar-refractivity contribution in [2.24, 2.45) is 0 Å². The Morgan fingerprint density at radius 3 is 1.92 bits per heavy atom. The fourth-order valence-electron chi connectivity index (χ4n) is 7.42. The van der Waals surface area contributed by atoms with E-state index in [4.69, 9.17) is 37.9 Å². The predicted octanol–water partition coefficient (Wildman–Crippen LogP) is 5.00. The molecule has 14 heteroatoms. The molecule has 0 aliphatic carbocycles. The van der Waals surface area contributed by atoms with Gasteiger partial charge in [0.1, 0.15) is 30.2 Å². The van der Waals surface area contributed by atoms with Crippen LogP contribution in [0.5, 0.6) is 34.5 Å². The molecule has 2 aliphatic heterocycles. The molecular formula is C39H46N2O12. The second kappa shape index (κ2) is 15.9. The molecule has 53 heavy (non-hydrogen) atoms. The Labute approximate surface area is 308 Å². The highest BCUT2D eigenvalue weighted by Crippen LogP contribution is 2.52. The molecule has 0 unspecified atom stereocenters. The number of hydrogen-bond donors (Lipinski definition) is 0. The van der Waals surface area contributed by atoms with Crippen LogP contribution in [0.4, 0.5) is 4.79 Å². The van der Waals surface area contributed by atoms with Crippen LogP contribution in [0.25, 0.3) is 0 Å². The van der Waals surface area contributed by atoms with E-state index in [0.29, 0.717) is 62.1 Å². The molecule has 3 amide bonds. The van der Waals surface area contributed by atoms with E-state index in [1.54, 1.807) is 64.1 Å². The van der Waals surface area contributed by atoms with Gasteiger partial charge in [0.25, 0.3) is 5.91 Å². The standard InChI is InChI=1S/C39H46N2O12/c1-20(2)53-39(45)41-26(16-24-17-29(46-5)33(49-8)21(3)31(24)47-6)36(42)40-27(37(41)43)18-25-30(35(51-10)34(50-9)22(4)32(25)48-7)28(40)19-52-38(44)23-14-12-11-13-15-23/h11-15,17,20,26-28H,16,18-19H2,1-10H3/t26-,27-,28+/m0/s1. The van der Waals surface area contributed by atoms with Crippen LogP contribution in [0.3, 0.4) is 0 Å². The van der Waals surface area contributed by atoms with Crippen molar-refractivity contribution in [1.82, 2.24) is 9.80 Å². The van der Waals surface area contributed by atoms with Crippen LogP contribution in [-0.2, 0) is 31.9 Å². The van der Waals surface area contributed by atoms with Gasteiger partial charge in [0.2, 0.25) is 5.91 Å². The Balaban J connectivity index is 1.73. The van der Waals surface area contributed by atoms with Gasteiger partial charge in [-0.2, -0.15) is 0 Å². The Hall–Kier alpha value is -5.66. The zero-order valence-electron chi connectivity index (χ0n) is 31.7. The lowest BCUT2D eigenvalue weighted by Gasteiger charge is -2.50. The second-order valence-corrected chi connectivity index (χ2v) is 12.9. The number of hydrogen-bond acceptors (Lipinski definition) is 12. The number of rotatable bonds is 12. The summed E-state index contributed by atoms with van der Waals surface area (Å²) in [6.07, 6.45) is -1.80. The molecule has 0 bridgehead atoms. The number of benzene rings is 3. The maximum atomic E-state index is 15.2. The molecule has 2 aliphatic rings. The van der Waals surface area contributed by atoms with E-state index in [1.165, 1.54) is 47.6 Å². The van der Waals surface area contributed by atoms with Crippen molar-refractivity contribution in [2.75, 3.05) is 49.3 Å². The zero-order chi connectivity index (χ0) is 38.7. The minimum Gasteiger partial charge on any atom is -0.496 e. The summed E-state index contributed by atoms with van der Waals surface area (Å²) in [6, 6.07) is 6.34. The molecule has 2 heterocycles. The van der Waals surface area contributed by atoms with Crippen LogP contribution >= 0.6 is 0 Å². The third-order valence-electron chi connectivity index (χ3n) is 9.58. The van der Waals surface area contributed by atoms with Crippen LogP contribution in [0.2, 0.25) is 0 Å². The molecule has 5 rings (SSSR count). The Bertz CT molecular complexity index is 1890. The third-order valence-corrected chi connectivity index (χ3v) is 9.58. The Kier molecular flexibility index (Phi) is 11.6. The largest absolute Gasteiger partial charge is 0.496 e. The fraction of sp³-hybridized carbons (Fsp3) is 0.436. The summed E-state index contributed by atoms with van der Waals surface area (Å²) in [7, 11) is 8.87. The first kappa shape index (κ1) is 38.6. The van der Waals surface area contributed by atoms with Gasteiger partial charge in [0.05, 0.1) is 60.4 Å². The van der Waals surface area contributed by atoms with E-state index in [0.717, 1.165) is 4.90 Å². The van der Waals surface area contributed by atoms with E-state index in [-0.39, 0.29) is 25.2 Å². The van der Waals surface area contributed by atoms with Gasteiger partial charge in [-0.3, -0.25) is 9.59 Å². The summed E-state index contributed by atoms with van der Waals surface area (Å²) in [6.45, 7) is 6.48. The lowest BCUT2D eigenvalue weighted by molar-refractivity contribution is -0.165. The van der Waals surface area contributed by atoms with Crippen molar-refractivity contribution < 1.29 is 57.1 Å². The van der Waals surface area contributed by atoms with E-state index in [2.05, 4.69) is 0 Å². The number of imide groups is 1. The molecule has 0 saturated carbocycles. The fourth-order valence-corrected chi connectivity index (χ4v) is 7.42. The minimum atomic E-state index is -1.41. The monoisotopic (exact) mass is 734 g/mol. The number of fused-ring (bicyclic) bond motifs is 2. The number of nitrogens with zero attached hydrogens (tertiary/aromatic N) is 2. The molecule has 284 valence electrons. The van der Waals surface area contributed by atoms with Crippen LogP contribution < -0.4 is 28.4 Å². The number of methoxy groups -OCH3 is 6. The summed E-state index contributed by atoms with van der Waals surface area (Å²) in [4.78, 5) is 59.4. The first-order chi connectivity index (χ1) is 25.4. The minimum absolute atomic E-state index is 0.0512. The number of carbonyl (C=O) groups is 4. The van der Waals surface area contributed by atoms with Gasteiger partial charge in [0.15, 0.2) is 23.0 Å². The average Bonchev–Trinajstić information content (AvgIpc) is 3.14. The van der Waals surface area contributed by atoms with Gasteiger partial charge in [-0.15, -0.1) is 0 Å². The topological polar surface area (TPSA) is 149 Å². The summed E-state index contributed by atoms with van der Waals surface area (Å²) in [5.41, 5.74) is 2.93. The van der Waals surface area contributed by atoms with Gasteiger partial charge in [-0.1, -0.05) is 18.2 Å². The van der Waals surface area contributed by atoms with Gasteiger partial charge < -0.3 is 42.8 Å². The molecule has 1 fully saturated rings. The Morgan fingerprint density at radius 2 is 1.36 bits per heavy atom. The summed E-state index contributed by atoms with van der Waals surface area (Å²) in [5.74, 6) is 0.283. The van der Waals surface area contributed by atoms with Crippen molar-refractivity contribution in [3.05, 3.63) is 69.8 Å². The van der Waals surface area contributed by atoms with Crippen LogP contribution in [-0.4, -0.2) is 101 Å². The van der Waals surface area contributed by atoms with Gasteiger partial charge in [-0.25, -0.2) is 14.5 Å². The highest BCUT2D eigenvalue weighted by molar-refractivity contribution is 6.06. The van der Waals surface area contributed by atoms with Gasteiger partial charge in [0, 0.05) is 40.7 Å². The first-order valence-electron chi connectivity index (χ1n) is 17.1. The second-order valence-electron chi connectivity index (χ2n) is 12.9. The molecule has 0 radical (unpaired) electrons. The van der Waals surface area contributed by atoms with Gasteiger partial charge >= 0.3 is 12.1 Å². The van der Waals surface area contributed by atoms with Crippen molar-refractivity contribution >= 4 is 23.9 Å². The number of esters is 1.